The molecule has 2 aromatic rings. The molecular weight excluding hydrogens is 492 g/mol. The Kier molecular flexibility index (Phi) is 8.23. The van der Waals surface area contributed by atoms with Gasteiger partial charge in [-0.25, -0.2) is 8.78 Å². The quantitative estimate of drug-likeness (QED) is 0.501. The first-order valence-electron chi connectivity index (χ1n) is 13.1. The van der Waals surface area contributed by atoms with E-state index in [0.29, 0.717) is 43.2 Å². The third-order valence-electron chi connectivity index (χ3n) is 7.72. The van der Waals surface area contributed by atoms with Crippen LogP contribution < -0.4 is 5.32 Å². The van der Waals surface area contributed by atoms with Gasteiger partial charge in [0.2, 0.25) is 0 Å². The number of rotatable bonds is 9. The molecule has 4 rings (SSSR count). The minimum absolute atomic E-state index is 0.0293. The van der Waals surface area contributed by atoms with Crippen LogP contribution in [-0.2, 0) is 16.0 Å². The minimum Gasteiger partial charge on any atom is -0.481 e. The van der Waals surface area contributed by atoms with Crippen molar-refractivity contribution < 1.29 is 28.3 Å². The number of benzene rings is 2. The molecule has 1 aliphatic carbocycles. The van der Waals surface area contributed by atoms with Gasteiger partial charge in [-0.05, 0) is 73.8 Å². The summed E-state index contributed by atoms with van der Waals surface area (Å²) in [5.41, 5.74) is 0.392. The Balaban J connectivity index is 1.50. The number of hydrogen-bond donors (Lipinski definition) is 2. The van der Waals surface area contributed by atoms with E-state index in [1.54, 1.807) is 29.2 Å². The van der Waals surface area contributed by atoms with Crippen molar-refractivity contribution in [2.75, 3.05) is 13.1 Å². The van der Waals surface area contributed by atoms with Crippen molar-refractivity contribution >= 4 is 23.5 Å². The summed E-state index contributed by atoms with van der Waals surface area (Å²) in [6.45, 7) is 4.76. The fourth-order valence-electron chi connectivity index (χ4n) is 5.40. The summed E-state index contributed by atoms with van der Waals surface area (Å²) in [6, 6.07) is 10.7. The molecule has 0 bridgehead atoms. The Morgan fingerprint density at radius 2 is 1.82 bits per heavy atom. The van der Waals surface area contributed by atoms with Gasteiger partial charge in [-0.15, -0.1) is 0 Å². The molecule has 0 saturated heterocycles. The van der Waals surface area contributed by atoms with E-state index >= 15 is 0 Å². The number of halogens is 2. The summed E-state index contributed by atoms with van der Waals surface area (Å²) in [6.07, 6.45) is 3.47. The fraction of sp³-hybridized carbons (Fsp3) is 0.448. The van der Waals surface area contributed by atoms with E-state index in [-0.39, 0.29) is 30.1 Å². The number of nitrogens with one attached hydrogen (secondary N) is 1. The van der Waals surface area contributed by atoms with Crippen LogP contribution in [0.5, 0.6) is 0 Å². The lowest BCUT2D eigenvalue weighted by atomic mass is 9.76. The van der Waals surface area contributed by atoms with E-state index in [1.807, 2.05) is 0 Å². The molecule has 1 saturated carbocycles. The number of aliphatic carboxylic acids is 1. The maximum atomic E-state index is 14.7. The SMILES string of the molecule is CC(C)C1CCC2(CC1)N=C(c1cccc(F)c1F)C(=O)N2CCc1ccc(C(=O)NCCC(=O)O)cc1. The molecule has 0 unspecified atom stereocenters. The van der Waals surface area contributed by atoms with Crippen LogP contribution in [0, 0.1) is 23.5 Å². The Morgan fingerprint density at radius 1 is 1.13 bits per heavy atom. The Bertz CT molecular complexity index is 1230. The highest BCUT2D eigenvalue weighted by Gasteiger charge is 2.49. The lowest BCUT2D eigenvalue weighted by Gasteiger charge is -2.42. The predicted octanol–water partition coefficient (Wildman–Crippen LogP) is 4.59. The van der Waals surface area contributed by atoms with E-state index in [1.165, 1.54) is 12.1 Å². The standard InChI is InChI=1S/C29H33F2N3O4/c1-18(2)20-10-14-29(15-11-20)33-26(22-4-3-5-23(30)25(22)31)28(38)34(29)17-13-19-6-8-21(9-7-19)27(37)32-16-12-24(35)36/h3-9,18,20H,10-17H2,1-2H3,(H,32,37)(H,35,36). The molecular formula is C29H33F2N3O4. The third kappa shape index (κ3) is 5.76. The van der Waals surface area contributed by atoms with Crippen LogP contribution in [0.25, 0.3) is 0 Å². The first kappa shape index (κ1) is 27.4. The average Bonchev–Trinajstić information content (AvgIpc) is 3.15. The number of aliphatic imine (C=N–C) groups is 1. The lowest BCUT2D eigenvalue weighted by Crippen LogP contribution is -2.50. The van der Waals surface area contributed by atoms with Crippen LogP contribution in [0.4, 0.5) is 8.78 Å². The summed E-state index contributed by atoms with van der Waals surface area (Å²) in [5.74, 6) is -2.78. The molecule has 0 atom stereocenters. The summed E-state index contributed by atoms with van der Waals surface area (Å²) >= 11 is 0. The van der Waals surface area contributed by atoms with Crippen LogP contribution in [0.15, 0.2) is 47.5 Å². The number of hydrogen-bond acceptors (Lipinski definition) is 4. The molecule has 202 valence electrons. The van der Waals surface area contributed by atoms with Crippen molar-refractivity contribution in [3.05, 3.63) is 70.8 Å². The molecule has 2 aromatic carbocycles. The molecule has 0 aromatic heterocycles. The predicted molar refractivity (Wildman–Crippen MR) is 139 cm³/mol. The van der Waals surface area contributed by atoms with E-state index in [2.05, 4.69) is 19.2 Å². The number of carboxylic acids is 1. The van der Waals surface area contributed by atoms with Crippen molar-refractivity contribution in [3.8, 4) is 0 Å². The molecule has 1 fully saturated rings. The Hall–Kier alpha value is -3.62. The zero-order valence-electron chi connectivity index (χ0n) is 21.7. The number of carbonyl (C=O) groups excluding carboxylic acids is 2. The molecule has 7 nitrogen and oxygen atoms in total. The van der Waals surface area contributed by atoms with Crippen LogP contribution >= 0.6 is 0 Å². The normalized spacial score (nSPS) is 21.2. The van der Waals surface area contributed by atoms with E-state index in [4.69, 9.17) is 10.1 Å². The van der Waals surface area contributed by atoms with Gasteiger partial charge >= 0.3 is 5.97 Å². The Labute approximate surface area is 220 Å². The zero-order valence-corrected chi connectivity index (χ0v) is 21.7. The molecule has 2 amide bonds. The highest BCUT2D eigenvalue weighted by atomic mass is 19.2. The highest BCUT2D eigenvalue weighted by molar-refractivity contribution is 6.46. The molecule has 38 heavy (non-hydrogen) atoms. The van der Waals surface area contributed by atoms with Crippen molar-refractivity contribution in [2.45, 2.75) is 58.0 Å². The van der Waals surface area contributed by atoms with Gasteiger partial charge in [0.15, 0.2) is 11.6 Å². The number of amides is 2. The van der Waals surface area contributed by atoms with Crippen molar-refractivity contribution in [1.29, 1.82) is 0 Å². The summed E-state index contributed by atoms with van der Waals surface area (Å²) in [5, 5.41) is 11.3. The smallest absolute Gasteiger partial charge is 0.305 e. The molecule has 1 spiro atoms. The van der Waals surface area contributed by atoms with Crippen LogP contribution in [-0.4, -0.2) is 52.3 Å². The van der Waals surface area contributed by atoms with E-state index in [0.717, 1.165) is 24.5 Å². The van der Waals surface area contributed by atoms with Crippen LogP contribution in [0.3, 0.4) is 0 Å². The van der Waals surface area contributed by atoms with Crippen LogP contribution in [0.2, 0.25) is 0 Å². The largest absolute Gasteiger partial charge is 0.481 e. The van der Waals surface area contributed by atoms with Gasteiger partial charge in [0.25, 0.3) is 11.8 Å². The molecule has 2 aliphatic rings. The molecule has 1 heterocycles. The van der Waals surface area contributed by atoms with Gasteiger partial charge < -0.3 is 15.3 Å². The van der Waals surface area contributed by atoms with Crippen molar-refractivity contribution in [1.82, 2.24) is 10.2 Å². The third-order valence-corrected chi connectivity index (χ3v) is 7.72. The van der Waals surface area contributed by atoms with Crippen molar-refractivity contribution in [3.63, 3.8) is 0 Å². The van der Waals surface area contributed by atoms with Gasteiger partial charge in [0, 0.05) is 24.2 Å². The maximum Gasteiger partial charge on any atom is 0.305 e. The second kappa shape index (κ2) is 11.4. The maximum absolute atomic E-state index is 14.7. The van der Waals surface area contributed by atoms with Gasteiger partial charge in [0.1, 0.15) is 11.4 Å². The van der Waals surface area contributed by atoms with Gasteiger partial charge in [-0.2, -0.15) is 0 Å². The second-order valence-electron chi connectivity index (χ2n) is 10.4. The molecule has 2 N–H and O–H groups in total. The second-order valence-corrected chi connectivity index (χ2v) is 10.4. The first-order chi connectivity index (χ1) is 18.1. The average molecular weight is 526 g/mol. The molecule has 9 heteroatoms. The summed E-state index contributed by atoms with van der Waals surface area (Å²) in [7, 11) is 0. The Morgan fingerprint density at radius 3 is 2.45 bits per heavy atom. The minimum atomic E-state index is -1.07. The highest BCUT2D eigenvalue weighted by Crippen LogP contribution is 2.43. The van der Waals surface area contributed by atoms with E-state index in [9.17, 15) is 23.2 Å². The van der Waals surface area contributed by atoms with Crippen LogP contribution in [0.1, 0.15) is 67.4 Å². The first-order valence-corrected chi connectivity index (χ1v) is 13.1. The zero-order chi connectivity index (χ0) is 27.4. The summed E-state index contributed by atoms with van der Waals surface area (Å²) in [4.78, 5) is 42.9. The molecule has 1 aliphatic heterocycles. The monoisotopic (exact) mass is 525 g/mol. The molecule has 0 radical (unpaired) electrons. The van der Waals surface area contributed by atoms with E-state index < -0.39 is 29.2 Å². The van der Waals surface area contributed by atoms with Gasteiger partial charge in [-0.1, -0.05) is 32.0 Å². The topological polar surface area (TPSA) is 99.1 Å². The summed E-state index contributed by atoms with van der Waals surface area (Å²) < 4.78 is 28.6. The number of carboxylic acid groups (broad SMARTS) is 1. The van der Waals surface area contributed by atoms with Gasteiger partial charge in [0.05, 0.1) is 6.42 Å². The van der Waals surface area contributed by atoms with Gasteiger partial charge in [-0.3, -0.25) is 19.4 Å². The number of nitrogens with zero attached hydrogens (tertiary/aromatic N) is 2. The van der Waals surface area contributed by atoms with Crippen molar-refractivity contribution in [2.24, 2.45) is 16.8 Å². The number of carbonyl (C=O) groups is 3. The lowest BCUT2D eigenvalue weighted by molar-refractivity contribution is -0.136. The fourth-order valence-corrected chi connectivity index (χ4v) is 5.40.